The van der Waals surface area contributed by atoms with Crippen molar-refractivity contribution in [3.63, 3.8) is 0 Å². The van der Waals surface area contributed by atoms with Gasteiger partial charge in [-0.05, 0) is 52.0 Å². The lowest BCUT2D eigenvalue weighted by Crippen LogP contribution is -2.41. The quantitative estimate of drug-likeness (QED) is 0.797. The Morgan fingerprint density at radius 1 is 1.04 bits per heavy atom. The van der Waals surface area contributed by atoms with Gasteiger partial charge in [-0.15, -0.1) is 0 Å². The lowest BCUT2D eigenvalue weighted by Gasteiger charge is -2.32. The van der Waals surface area contributed by atoms with Crippen LogP contribution in [0.4, 0.5) is 4.39 Å². The van der Waals surface area contributed by atoms with Gasteiger partial charge in [-0.25, -0.2) is 4.39 Å². The first kappa shape index (κ1) is 16.8. The second kappa shape index (κ2) is 6.11. The molecule has 0 bridgehead atoms. The van der Waals surface area contributed by atoms with Crippen LogP contribution >= 0.6 is 0 Å². The van der Waals surface area contributed by atoms with Crippen LogP contribution < -0.4 is 0 Å². The summed E-state index contributed by atoms with van der Waals surface area (Å²) in [7, 11) is -1.01. The molecule has 4 nitrogen and oxygen atoms in total. The summed E-state index contributed by atoms with van der Waals surface area (Å²) in [5, 5.41) is 0. The van der Waals surface area contributed by atoms with Gasteiger partial charge in [0.15, 0.2) is 0 Å². The molecule has 3 heterocycles. The van der Waals surface area contributed by atoms with E-state index in [1.807, 2.05) is 45.9 Å². The van der Waals surface area contributed by atoms with E-state index in [-0.39, 0.29) is 0 Å². The molecular formula is C18H20BFN2O2. The minimum Gasteiger partial charge on any atom is -0.398 e. The fourth-order valence-corrected chi connectivity index (χ4v) is 2.46. The Hall–Kier alpha value is -2.05. The Labute approximate surface area is 141 Å². The van der Waals surface area contributed by atoms with Crippen LogP contribution in [0.1, 0.15) is 33.3 Å². The van der Waals surface area contributed by atoms with Gasteiger partial charge in [0, 0.05) is 29.7 Å². The van der Waals surface area contributed by atoms with E-state index in [9.17, 15) is 4.39 Å². The SMILES string of the molecule is CC1(C)OB(C(F)=Cc2cccnc2-c2ccncc2)OC1(C)C. The van der Waals surface area contributed by atoms with Crippen molar-refractivity contribution in [3.8, 4) is 11.3 Å². The molecule has 124 valence electrons. The Balaban J connectivity index is 1.93. The molecule has 1 aliphatic rings. The van der Waals surface area contributed by atoms with Gasteiger partial charge in [0.1, 0.15) is 5.73 Å². The van der Waals surface area contributed by atoms with Gasteiger partial charge >= 0.3 is 7.12 Å². The highest BCUT2D eigenvalue weighted by Gasteiger charge is 2.53. The molecule has 1 saturated heterocycles. The van der Waals surface area contributed by atoms with Crippen LogP contribution in [0.15, 0.2) is 48.6 Å². The number of aromatic nitrogens is 2. The maximum atomic E-state index is 14.7. The van der Waals surface area contributed by atoms with Crippen LogP contribution in [0.2, 0.25) is 0 Å². The fourth-order valence-electron chi connectivity index (χ4n) is 2.46. The fraction of sp³-hybridized carbons (Fsp3) is 0.333. The molecule has 0 aromatic carbocycles. The highest BCUT2D eigenvalue weighted by molar-refractivity contribution is 6.54. The normalized spacial score (nSPS) is 19.5. The molecule has 1 fully saturated rings. The average Bonchev–Trinajstić information content (AvgIpc) is 2.77. The molecule has 1 aliphatic heterocycles. The molecule has 2 aromatic rings. The second-order valence-corrected chi connectivity index (χ2v) is 6.79. The van der Waals surface area contributed by atoms with Crippen LogP contribution in [0.3, 0.4) is 0 Å². The predicted molar refractivity (Wildman–Crippen MR) is 92.6 cm³/mol. The Morgan fingerprint density at radius 3 is 2.29 bits per heavy atom. The Morgan fingerprint density at radius 2 is 1.67 bits per heavy atom. The summed E-state index contributed by atoms with van der Waals surface area (Å²) < 4.78 is 26.2. The lowest BCUT2D eigenvalue weighted by atomic mass is 9.86. The van der Waals surface area contributed by atoms with E-state index in [1.54, 1.807) is 24.7 Å². The monoisotopic (exact) mass is 326 g/mol. The molecule has 0 amide bonds. The summed E-state index contributed by atoms with van der Waals surface area (Å²) in [4.78, 5) is 8.36. The third-order valence-corrected chi connectivity index (χ3v) is 4.56. The third kappa shape index (κ3) is 3.12. The zero-order valence-electron chi connectivity index (χ0n) is 14.3. The number of hydrogen-bond donors (Lipinski definition) is 0. The molecule has 0 aliphatic carbocycles. The van der Waals surface area contributed by atoms with Crippen molar-refractivity contribution in [1.82, 2.24) is 9.97 Å². The van der Waals surface area contributed by atoms with Gasteiger partial charge < -0.3 is 9.31 Å². The van der Waals surface area contributed by atoms with Crippen molar-refractivity contribution >= 4 is 13.2 Å². The minimum absolute atomic E-state index is 0.475. The van der Waals surface area contributed by atoms with E-state index >= 15 is 0 Å². The molecule has 0 saturated carbocycles. The van der Waals surface area contributed by atoms with Gasteiger partial charge in [-0.3, -0.25) is 9.97 Å². The molecule has 24 heavy (non-hydrogen) atoms. The summed E-state index contributed by atoms with van der Waals surface area (Å²) in [5.74, 6) is 0. The molecular weight excluding hydrogens is 306 g/mol. The summed E-state index contributed by atoms with van der Waals surface area (Å²) in [6, 6.07) is 7.26. The molecule has 0 atom stereocenters. The van der Waals surface area contributed by atoms with E-state index in [2.05, 4.69) is 9.97 Å². The largest absolute Gasteiger partial charge is 0.525 e. The molecule has 0 unspecified atom stereocenters. The molecule has 0 N–H and O–H groups in total. The number of pyridine rings is 2. The average molecular weight is 326 g/mol. The van der Waals surface area contributed by atoms with Crippen molar-refractivity contribution in [2.24, 2.45) is 0 Å². The zero-order chi connectivity index (χ0) is 17.4. The number of nitrogens with zero attached hydrogens (tertiary/aromatic N) is 2. The number of halogens is 1. The van der Waals surface area contributed by atoms with E-state index in [0.29, 0.717) is 11.3 Å². The first-order valence-electron chi connectivity index (χ1n) is 7.88. The van der Waals surface area contributed by atoms with Crippen molar-refractivity contribution in [3.05, 3.63) is 54.1 Å². The smallest absolute Gasteiger partial charge is 0.398 e. The summed E-state index contributed by atoms with van der Waals surface area (Å²) in [5.41, 5.74) is 0.593. The minimum atomic E-state index is -1.01. The highest BCUT2D eigenvalue weighted by Crippen LogP contribution is 2.39. The standard InChI is InChI=1S/C18H20BFN2O2/c1-17(2)18(3,4)24-19(23-17)15(20)12-14-6-5-9-22-16(14)13-7-10-21-11-8-13/h5-12H,1-4H3. The number of rotatable bonds is 3. The van der Waals surface area contributed by atoms with Crippen LogP contribution in [0, 0.1) is 0 Å². The van der Waals surface area contributed by atoms with Gasteiger partial charge in [0.2, 0.25) is 0 Å². The summed E-state index contributed by atoms with van der Waals surface area (Å²) in [6.45, 7) is 7.58. The maximum Gasteiger partial charge on any atom is 0.525 e. The second-order valence-electron chi connectivity index (χ2n) is 6.79. The van der Waals surface area contributed by atoms with E-state index in [4.69, 9.17) is 9.31 Å². The number of hydrogen-bond acceptors (Lipinski definition) is 4. The Kier molecular flexibility index (Phi) is 4.28. The van der Waals surface area contributed by atoms with Gasteiger partial charge in [-0.2, -0.15) is 0 Å². The summed E-state index contributed by atoms with van der Waals surface area (Å²) >= 11 is 0. The maximum absolute atomic E-state index is 14.7. The van der Waals surface area contributed by atoms with Gasteiger partial charge in [0.25, 0.3) is 0 Å². The highest BCUT2D eigenvalue weighted by atomic mass is 19.1. The van der Waals surface area contributed by atoms with Crippen LogP contribution in [-0.2, 0) is 9.31 Å². The van der Waals surface area contributed by atoms with Gasteiger partial charge in [-0.1, -0.05) is 6.07 Å². The van der Waals surface area contributed by atoms with E-state index in [0.717, 1.165) is 5.56 Å². The Bertz CT molecular complexity index is 747. The van der Waals surface area contributed by atoms with Crippen LogP contribution in [-0.4, -0.2) is 28.3 Å². The summed E-state index contributed by atoms with van der Waals surface area (Å²) in [6.07, 6.45) is 6.47. The van der Waals surface area contributed by atoms with Crippen molar-refractivity contribution in [2.45, 2.75) is 38.9 Å². The molecule has 3 rings (SSSR count). The van der Waals surface area contributed by atoms with E-state index < -0.39 is 24.0 Å². The lowest BCUT2D eigenvalue weighted by molar-refractivity contribution is 0.00578. The molecule has 6 heteroatoms. The molecule has 2 aromatic heterocycles. The van der Waals surface area contributed by atoms with Crippen molar-refractivity contribution in [2.75, 3.05) is 0 Å². The molecule has 0 radical (unpaired) electrons. The van der Waals surface area contributed by atoms with E-state index in [1.165, 1.54) is 6.08 Å². The van der Waals surface area contributed by atoms with Crippen LogP contribution in [0.5, 0.6) is 0 Å². The first-order valence-corrected chi connectivity index (χ1v) is 7.88. The van der Waals surface area contributed by atoms with Gasteiger partial charge in [0.05, 0.1) is 16.9 Å². The molecule has 0 spiro atoms. The third-order valence-electron chi connectivity index (χ3n) is 4.56. The van der Waals surface area contributed by atoms with Crippen molar-refractivity contribution in [1.29, 1.82) is 0 Å². The first-order chi connectivity index (χ1) is 11.3. The topological polar surface area (TPSA) is 44.2 Å². The zero-order valence-corrected chi connectivity index (χ0v) is 14.3. The van der Waals surface area contributed by atoms with Crippen LogP contribution in [0.25, 0.3) is 17.3 Å². The van der Waals surface area contributed by atoms with Crippen molar-refractivity contribution < 1.29 is 13.7 Å². The predicted octanol–water partition coefficient (Wildman–Crippen LogP) is 4.09.